The van der Waals surface area contributed by atoms with Gasteiger partial charge in [0.1, 0.15) is 5.70 Å². The van der Waals surface area contributed by atoms with Crippen LogP contribution in [0.5, 0.6) is 11.5 Å². The van der Waals surface area contributed by atoms with Crippen molar-refractivity contribution in [1.82, 2.24) is 4.90 Å². The third-order valence-corrected chi connectivity index (χ3v) is 5.17. The lowest BCUT2D eigenvalue weighted by Gasteiger charge is -2.21. The van der Waals surface area contributed by atoms with Crippen LogP contribution < -0.4 is 19.3 Å². The molecule has 1 N–H and O–H groups in total. The zero-order valence-electron chi connectivity index (χ0n) is 18.4. The van der Waals surface area contributed by atoms with Crippen LogP contribution in [-0.4, -0.2) is 70.3 Å². The van der Waals surface area contributed by atoms with Crippen molar-refractivity contribution in [3.05, 3.63) is 53.7 Å². The van der Waals surface area contributed by atoms with Crippen LogP contribution in [0.25, 0.3) is 5.57 Å². The maximum absolute atomic E-state index is 13.5. The summed E-state index contributed by atoms with van der Waals surface area (Å²) in [6.07, 6.45) is 0. The minimum Gasteiger partial charge on any atom is -0.493 e. The van der Waals surface area contributed by atoms with Crippen LogP contribution in [0, 0.1) is 0 Å². The zero-order chi connectivity index (χ0) is 22.7. The number of nitrogens with zero attached hydrogens (tertiary/aromatic N) is 3. The lowest BCUT2D eigenvalue weighted by atomic mass is 10.0. The van der Waals surface area contributed by atoms with Crippen LogP contribution in [0.2, 0.25) is 0 Å². The maximum Gasteiger partial charge on any atom is 0.282 e. The molecule has 164 valence electrons. The first-order valence-electron chi connectivity index (χ1n) is 9.78. The number of ether oxygens (including phenoxy) is 2. The van der Waals surface area contributed by atoms with Crippen LogP contribution in [0.4, 0.5) is 11.4 Å². The lowest BCUT2D eigenvalue weighted by Crippen LogP contribution is -2.34. The second-order valence-corrected chi connectivity index (χ2v) is 7.30. The number of imide groups is 1. The summed E-state index contributed by atoms with van der Waals surface area (Å²) in [5.74, 6) is 0.0914. The first-order valence-corrected chi connectivity index (χ1v) is 9.78. The number of hydrogen-bond acceptors (Lipinski definition) is 7. The highest BCUT2D eigenvalue weighted by Gasteiger charge is 2.41. The molecule has 0 aliphatic carbocycles. The minimum absolute atomic E-state index is 0.155. The molecular weight excluding hydrogens is 398 g/mol. The Balaban J connectivity index is 2.11. The second kappa shape index (κ2) is 9.09. The van der Waals surface area contributed by atoms with Crippen molar-refractivity contribution in [2.75, 3.05) is 58.3 Å². The van der Waals surface area contributed by atoms with Gasteiger partial charge in [0.05, 0.1) is 32.1 Å². The van der Waals surface area contributed by atoms with E-state index in [1.165, 1.54) is 14.2 Å². The number of carbonyl (C=O) groups excluding carboxylic acids is 2. The molecule has 1 aliphatic heterocycles. The van der Waals surface area contributed by atoms with Crippen molar-refractivity contribution in [2.24, 2.45) is 0 Å². The molecule has 0 atom stereocenters. The van der Waals surface area contributed by atoms with Gasteiger partial charge in [0.25, 0.3) is 11.8 Å². The summed E-state index contributed by atoms with van der Waals surface area (Å²) in [4.78, 5) is 31.5. The fraction of sp³-hybridized carbons (Fsp3) is 0.304. The molecule has 0 unspecified atom stereocenters. The molecular formula is C23H27N3O5. The van der Waals surface area contributed by atoms with E-state index >= 15 is 0 Å². The fourth-order valence-corrected chi connectivity index (χ4v) is 3.52. The van der Waals surface area contributed by atoms with Gasteiger partial charge in [-0.1, -0.05) is 6.07 Å². The predicted octanol–water partition coefficient (Wildman–Crippen LogP) is 1.98. The molecule has 1 heterocycles. The first-order chi connectivity index (χ1) is 14.8. The number of aliphatic hydroxyl groups excluding tert-OH is 1. The Morgan fingerprint density at radius 1 is 0.903 bits per heavy atom. The van der Waals surface area contributed by atoms with Gasteiger partial charge in [-0.25, -0.2) is 4.90 Å². The summed E-state index contributed by atoms with van der Waals surface area (Å²) >= 11 is 0. The first kappa shape index (κ1) is 22.2. The number of anilines is 2. The molecule has 2 aromatic carbocycles. The van der Waals surface area contributed by atoms with Gasteiger partial charge in [0.15, 0.2) is 11.5 Å². The average Bonchev–Trinajstić information content (AvgIpc) is 3.03. The Labute approximate surface area is 181 Å². The summed E-state index contributed by atoms with van der Waals surface area (Å²) in [6, 6.07) is 12.3. The SMILES string of the molecule is COc1ccc(C2=C(N(C)CCO)C(=O)N(c3ccc(N(C)C)cc3)C2=O)cc1OC. The quantitative estimate of drug-likeness (QED) is 0.648. The maximum atomic E-state index is 13.5. The molecule has 0 saturated heterocycles. The number of hydrogen-bond donors (Lipinski definition) is 1. The predicted molar refractivity (Wildman–Crippen MR) is 119 cm³/mol. The molecule has 8 nitrogen and oxygen atoms in total. The molecule has 2 amide bonds. The Morgan fingerprint density at radius 2 is 1.55 bits per heavy atom. The summed E-state index contributed by atoms with van der Waals surface area (Å²) in [5, 5.41) is 9.41. The monoisotopic (exact) mass is 425 g/mol. The van der Waals surface area contributed by atoms with Gasteiger partial charge < -0.3 is 24.4 Å². The molecule has 0 aromatic heterocycles. The summed E-state index contributed by atoms with van der Waals surface area (Å²) in [5.41, 5.74) is 2.43. The number of methoxy groups -OCH3 is 2. The highest BCUT2D eigenvalue weighted by Crippen LogP contribution is 2.38. The largest absolute Gasteiger partial charge is 0.493 e. The Morgan fingerprint density at radius 3 is 2.10 bits per heavy atom. The molecule has 0 bridgehead atoms. The number of rotatable bonds is 8. The number of aliphatic hydroxyl groups is 1. The second-order valence-electron chi connectivity index (χ2n) is 7.30. The highest BCUT2D eigenvalue weighted by molar-refractivity contribution is 6.45. The van der Waals surface area contributed by atoms with Crippen LogP contribution in [-0.2, 0) is 9.59 Å². The summed E-state index contributed by atoms with van der Waals surface area (Å²) in [7, 11) is 8.55. The molecule has 2 aromatic rings. The fourth-order valence-electron chi connectivity index (χ4n) is 3.52. The van der Waals surface area contributed by atoms with Crippen LogP contribution in [0.3, 0.4) is 0 Å². The van der Waals surface area contributed by atoms with E-state index in [2.05, 4.69) is 0 Å². The van der Waals surface area contributed by atoms with E-state index in [4.69, 9.17) is 9.47 Å². The van der Waals surface area contributed by atoms with Gasteiger partial charge in [0, 0.05) is 33.4 Å². The molecule has 1 aliphatic rings. The van der Waals surface area contributed by atoms with E-state index in [9.17, 15) is 14.7 Å². The van der Waals surface area contributed by atoms with Gasteiger partial charge in [-0.3, -0.25) is 9.59 Å². The van der Waals surface area contributed by atoms with E-state index in [0.29, 0.717) is 22.7 Å². The Bertz CT molecular complexity index is 1010. The molecule has 31 heavy (non-hydrogen) atoms. The van der Waals surface area contributed by atoms with E-state index < -0.39 is 11.8 Å². The Hall–Kier alpha value is -3.52. The summed E-state index contributed by atoms with van der Waals surface area (Å²) in [6.45, 7) is 0.0523. The lowest BCUT2D eigenvalue weighted by molar-refractivity contribution is -0.120. The standard InChI is InChI=1S/C23H27N3O5/c1-24(2)16-7-9-17(10-8-16)26-22(28)20(21(23(26)29)25(3)12-13-27)15-6-11-18(30-4)19(14-15)31-5/h6-11,14,27H,12-13H2,1-5H3. The third kappa shape index (κ3) is 4.06. The van der Waals surface area contributed by atoms with Gasteiger partial charge in [0.2, 0.25) is 0 Å². The van der Waals surface area contributed by atoms with Gasteiger partial charge in [-0.15, -0.1) is 0 Å². The molecule has 8 heteroatoms. The van der Waals surface area contributed by atoms with Crippen LogP contribution in [0.1, 0.15) is 5.56 Å². The smallest absolute Gasteiger partial charge is 0.282 e. The van der Waals surface area contributed by atoms with Crippen molar-refractivity contribution in [3.8, 4) is 11.5 Å². The molecule has 0 spiro atoms. The van der Waals surface area contributed by atoms with Crippen molar-refractivity contribution in [1.29, 1.82) is 0 Å². The van der Waals surface area contributed by atoms with Crippen molar-refractivity contribution in [3.63, 3.8) is 0 Å². The van der Waals surface area contributed by atoms with Crippen LogP contribution >= 0.6 is 0 Å². The number of benzene rings is 2. The molecule has 0 fully saturated rings. The summed E-state index contributed by atoms with van der Waals surface area (Å²) < 4.78 is 10.7. The van der Waals surface area contributed by atoms with Gasteiger partial charge >= 0.3 is 0 Å². The zero-order valence-corrected chi connectivity index (χ0v) is 18.4. The van der Waals surface area contributed by atoms with Crippen LogP contribution in [0.15, 0.2) is 48.2 Å². The molecule has 0 saturated carbocycles. The number of likely N-dealkylation sites (N-methyl/N-ethyl adjacent to an activating group) is 1. The van der Waals surface area contributed by atoms with E-state index in [1.54, 1.807) is 42.3 Å². The molecule has 0 radical (unpaired) electrons. The van der Waals surface area contributed by atoms with E-state index in [0.717, 1.165) is 10.6 Å². The number of amides is 2. The van der Waals surface area contributed by atoms with Gasteiger partial charge in [-0.2, -0.15) is 0 Å². The van der Waals surface area contributed by atoms with E-state index in [-0.39, 0.29) is 24.4 Å². The third-order valence-electron chi connectivity index (χ3n) is 5.17. The van der Waals surface area contributed by atoms with Gasteiger partial charge in [-0.05, 0) is 42.0 Å². The minimum atomic E-state index is -0.441. The number of carbonyl (C=O) groups is 2. The van der Waals surface area contributed by atoms with Crippen molar-refractivity contribution >= 4 is 28.8 Å². The normalized spacial score (nSPS) is 13.7. The highest BCUT2D eigenvalue weighted by atomic mass is 16.5. The molecule has 3 rings (SSSR count). The van der Waals surface area contributed by atoms with Crippen molar-refractivity contribution in [2.45, 2.75) is 0 Å². The van der Waals surface area contributed by atoms with Crippen molar-refractivity contribution < 1.29 is 24.2 Å². The Kier molecular flexibility index (Phi) is 6.50. The topological polar surface area (TPSA) is 82.6 Å². The average molecular weight is 425 g/mol. The van der Waals surface area contributed by atoms with E-state index in [1.807, 2.05) is 31.1 Å².